The molecule has 300 valence electrons. The molecule has 12 aromatic rings. The molecular formula is C60H40N4. The molecule has 0 radical (unpaired) electrons. The molecule has 0 unspecified atom stereocenters. The lowest BCUT2D eigenvalue weighted by Gasteiger charge is -2.28. The minimum atomic E-state index is 0.645. The first-order valence-corrected chi connectivity index (χ1v) is 21.7. The third-order valence-corrected chi connectivity index (χ3v) is 12.4. The second-order valence-electron chi connectivity index (χ2n) is 16.2. The Labute approximate surface area is 371 Å². The molecule has 0 aliphatic carbocycles. The fraction of sp³-hybridized carbons (Fsp3) is 0. The summed E-state index contributed by atoms with van der Waals surface area (Å²) >= 11 is 0. The Hall–Kier alpha value is -8.60. The lowest BCUT2D eigenvalue weighted by atomic mass is 10.00. The molecule has 0 amide bonds. The van der Waals surface area contributed by atoms with Gasteiger partial charge in [-0.25, -0.2) is 9.97 Å². The van der Waals surface area contributed by atoms with Crippen molar-refractivity contribution in [3.8, 4) is 50.6 Å². The zero-order valence-electron chi connectivity index (χ0n) is 34.9. The van der Waals surface area contributed by atoms with E-state index in [2.05, 4.69) is 252 Å². The predicted molar refractivity (Wildman–Crippen MR) is 268 cm³/mol. The number of para-hydroxylation sites is 3. The van der Waals surface area contributed by atoms with E-state index in [4.69, 9.17) is 9.97 Å². The van der Waals surface area contributed by atoms with Gasteiger partial charge in [0.2, 0.25) is 5.95 Å². The highest BCUT2D eigenvalue weighted by Gasteiger charge is 2.20. The van der Waals surface area contributed by atoms with Crippen LogP contribution < -0.4 is 4.90 Å². The van der Waals surface area contributed by atoms with Crippen LogP contribution in [0.5, 0.6) is 0 Å². The SMILES string of the molecule is c1ccc(-c2ccc(N(c3ccc(-c4ccc5c6ccccc6n(-c6nc(-c7ccc8ccccc8c7)c7ccccc7n6)c5c4)cc3)c3ccccc3-c3ccccc3)cc2)cc1. The van der Waals surface area contributed by atoms with E-state index in [1.165, 1.54) is 27.5 Å². The molecule has 0 aliphatic heterocycles. The standard InChI is InChI=1S/C60H40N4/c1-3-15-41(16-4-1)43-29-34-49(35-30-43)63(56-25-13-10-21-51(56)45-18-5-2-6-19-45)50-36-31-44(32-37-50)47-33-38-53-52-22-11-14-26-57(52)64(58(53)40-47)60-61-55-24-12-9-23-54(55)59(62-60)48-28-27-42-17-7-8-20-46(42)39-48/h1-40H. The monoisotopic (exact) mass is 816 g/mol. The zero-order valence-corrected chi connectivity index (χ0v) is 34.9. The molecule has 0 aliphatic rings. The molecule has 0 N–H and O–H groups in total. The molecule has 2 aromatic heterocycles. The van der Waals surface area contributed by atoms with Gasteiger partial charge in [0.25, 0.3) is 0 Å². The van der Waals surface area contributed by atoms with Gasteiger partial charge in [-0.3, -0.25) is 4.57 Å². The molecule has 0 bridgehead atoms. The van der Waals surface area contributed by atoms with Gasteiger partial charge in [0.1, 0.15) is 0 Å². The van der Waals surface area contributed by atoms with Crippen molar-refractivity contribution in [2.75, 3.05) is 4.90 Å². The largest absolute Gasteiger partial charge is 0.310 e. The maximum atomic E-state index is 5.41. The Morgan fingerprint density at radius 2 is 0.875 bits per heavy atom. The summed E-state index contributed by atoms with van der Waals surface area (Å²) < 4.78 is 2.24. The number of hydrogen-bond acceptors (Lipinski definition) is 3. The molecule has 10 aromatic carbocycles. The van der Waals surface area contributed by atoms with Crippen molar-refractivity contribution in [3.63, 3.8) is 0 Å². The highest BCUT2D eigenvalue weighted by atomic mass is 15.2. The smallest absolute Gasteiger partial charge is 0.235 e. The van der Waals surface area contributed by atoms with Gasteiger partial charge < -0.3 is 4.90 Å². The number of hydrogen-bond donors (Lipinski definition) is 0. The lowest BCUT2D eigenvalue weighted by molar-refractivity contribution is 1.01. The van der Waals surface area contributed by atoms with Gasteiger partial charge in [0.15, 0.2) is 0 Å². The molecule has 64 heavy (non-hydrogen) atoms. The van der Waals surface area contributed by atoms with E-state index < -0.39 is 0 Å². The Balaban J connectivity index is 0.982. The molecule has 0 atom stereocenters. The Morgan fingerprint density at radius 3 is 1.64 bits per heavy atom. The summed E-state index contributed by atoms with van der Waals surface area (Å²) in [7, 11) is 0. The van der Waals surface area contributed by atoms with Gasteiger partial charge in [-0.05, 0) is 93.2 Å². The fourth-order valence-corrected chi connectivity index (χ4v) is 9.28. The van der Waals surface area contributed by atoms with E-state index in [-0.39, 0.29) is 0 Å². The molecule has 4 heteroatoms. The van der Waals surface area contributed by atoms with E-state index in [9.17, 15) is 0 Å². The van der Waals surface area contributed by atoms with E-state index in [0.717, 1.165) is 77.7 Å². The summed E-state index contributed by atoms with van der Waals surface area (Å²) in [5.41, 5.74) is 15.2. The van der Waals surface area contributed by atoms with Crippen LogP contribution in [-0.2, 0) is 0 Å². The Bertz CT molecular complexity index is 3650. The van der Waals surface area contributed by atoms with Crippen molar-refractivity contribution >= 4 is 60.5 Å². The summed E-state index contributed by atoms with van der Waals surface area (Å²) in [6.45, 7) is 0. The third kappa shape index (κ3) is 6.57. The van der Waals surface area contributed by atoms with Crippen LogP contribution in [0.15, 0.2) is 243 Å². The highest BCUT2D eigenvalue weighted by Crippen LogP contribution is 2.43. The number of benzene rings is 10. The third-order valence-electron chi connectivity index (χ3n) is 12.4. The highest BCUT2D eigenvalue weighted by molar-refractivity contribution is 6.10. The van der Waals surface area contributed by atoms with Crippen LogP contribution in [0.4, 0.5) is 17.1 Å². The van der Waals surface area contributed by atoms with Crippen LogP contribution in [0.25, 0.3) is 94.1 Å². The van der Waals surface area contributed by atoms with Gasteiger partial charge in [-0.1, -0.05) is 188 Å². The number of fused-ring (bicyclic) bond motifs is 5. The summed E-state index contributed by atoms with van der Waals surface area (Å²) in [6, 6.07) is 86.5. The number of anilines is 3. The molecule has 0 saturated heterocycles. The normalized spacial score (nSPS) is 11.4. The molecular weight excluding hydrogens is 777 g/mol. The van der Waals surface area contributed by atoms with Crippen LogP contribution in [0.3, 0.4) is 0 Å². The summed E-state index contributed by atoms with van der Waals surface area (Å²) in [5.74, 6) is 0.645. The number of nitrogens with zero attached hydrogens (tertiary/aromatic N) is 4. The zero-order chi connectivity index (χ0) is 42.4. The maximum Gasteiger partial charge on any atom is 0.235 e. The van der Waals surface area contributed by atoms with Crippen LogP contribution in [0, 0.1) is 0 Å². The molecule has 2 heterocycles. The average Bonchev–Trinajstić information content (AvgIpc) is 3.71. The van der Waals surface area contributed by atoms with Crippen LogP contribution >= 0.6 is 0 Å². The summed E-state index contributed by atoms with van der Waals surface area (Å²) in [4.78, 5) is 13.0. The number of rotatable bonds is 8. The quantitative estimate of drug-likeness (QED) is 0.153. The van der Waals surface area contributed by atoms with Crippen molar-refractivity contribution in [2.24, 2.45) is 0 Å². The molecule has 0 saturated carbocycles. The predicted octanol–water partition coefficient (Wildman–Crippen LogP) is 16.0. The van der Waals surface area contributed by atoms with Gasteiger partial charge in [-0.2, -0.15) is 0 Å². The molecule has 4 nitrogen and oxygen atoms in total. The summed E-state index contributed by atoms with van der Waals surface area (Å²) in [6.07, 6.45) is 0. The summed E-state index contributed by atoms with van der Waals surface area (Å²) in [5, 5.41) is 5.73. The van der Waals surface area contributed by atoms with Crippen molar-refractivity contribution in [3.05, 3.63) is 243 Å². The minimum absolute atomic E-state index is 0.645. The number of aromatic nitrogens is 3. The van der Waals surface area contributed by atoms with Crippen LogP contribution in [0.1, 0.15) is 0 Å². The first-order valence-electron chi connectivity index (χ1n) is 21.7. The molecule has 0 fully saturated rings. The van der Waals surface area contributed by atoms with E-state index >= 15 is 0 Å². The first kappa shape index (κ1) is 37.2. The van der Waals surface area contributed by atoms with Crippen molar-refractivity contribution < 1.29 is 0 Å². The second kappa shape index (κ2) is 15.7. The van der Waals surface area contributed by atoms with Gasteiger partial charge in [0, 0.05) is 38.7 Å². The molecule has 0 spiro atoms. The van der Waals surface area contributed by atoms with Crippen LogP contribution in [0.2, 0.25) is 0 Å². The second-order valence-corrected chi connectivity index (χ2v) is 16.2. The van der Waals surface area contributed by atoms with E-state index in [1.807, 2.05) is 0 Å². The Morgan fingerprint density at radius 1 is 0.328 bits per heavy atom. The van der Waals surface area contributed by atoms with Gasteiger partial charge in [0.05, 0.1) is 27.9 Å². The topological polar surface area (TPSA) is 34.0 Å². The van der Waals surface area contributed by atoms with E-state index in [0.29, 0.717) is 5.95 Å². The Kier molecular flexibility index (Phi) is 9.12. The average molecular weight is 817 g/mol. The van der Waals surface area contributed by atoms with Gasteiger partial charge in [-0.15, -0.1) is 0 Å². The lowest BCUT2D eigenvalue weighted by Crippen LogP contribution is -2.11. The van der Waals surface area contributed by atoms with Crippen molar-refractivity contribution in [1.82, 2.24) is 14.5 Å². The van der Waals surface area contributed by atoms with Gasteiger partial charge >= 0.3 is 0 Å². The maximum absolute atomic E-state index is 5.41. The molecule has 12 rings (SSSR count). The first-order chi connectivity index (χ1) is 31.7. The minimum Gasteiger partial charge on any atom is -0.310 e. The van der Waals surface area contributed by atoms with E-state index in [1.54, 1.807) is 0 Å². The van der Waals surface area contributed by atoms with Crippen LogP contribution in [-0.4, -0.2) is 14.5 Å². The van der Waals surface area contributed by atoms with Crippen molar-refractivity contribution in [2.45, 2.75) is 0 Å². The fourth-order valence-electron chi connectivity index (χ4n) is 9.28. The van der Waals surface area contributed by atoms with Crippen molar-refractivity contribution in [1.29, 1.82) is 0 Å².